The zero-order chi connectivity index (χ0) is 11.0. The maximum Gasteiger partial charge on any atom is 0.0864 e. The maximum atomic E-state index is 5.91. The summed E-state index contributed by atoms with van der Waals surface area (Å²) in [6.07, 6.45) is 1.81. The molecule has 0 amide bonds. The van der Waals surface area contributed by atoms with Crippen LogP contribution in [-0.2, 0) is 0 Å². The normalized spacial score (nSPS) is 12.2. The van der Waals surface area contributed by atoms with Crippen LogP contribution in [-0.4, -0.2) is 6.21 Å². The highest BCUT2D eigenvalue weighted by atomic mass is 14.9. The van der Waals surface area contributed by atoms with Crippen molar-refractivity contribution in [3.05, 3.63) is 48.0 Å². The van der Waals surface area contributed by atoms with E-state index in [1.807, 2.05) is 48.7 Å². The van der Waals surface area contributed by atoms with Crippen LogP contribution < -0.4 is 11.1 Å². The van der Waals surface area contributed by atoms with E-state index in [2.05, 4.69) is 10.3 Å². The number of nitrogens with one attached hydrogen (secondary N) is 1. The molecule has 3 heteroatoms. The van der Waals surface area contributed by atoms with E-state index in [1.54, 1.807) is 0 Å². The molecule has 2 aromatic rings. The Bertz CT molecular complexity index is 573. The number of anilines is 3. The number of fused-ring (bicyclic) bond motifs is 2. The number of aliphatic imine (C=N–C) groups is 1. The second-order valence-corrected chi connectivity index (χ2v) is 3.71. The molecule has 0 unspecified atom stereocenters. The molecule has 0 radical (unpaired) electrons. The van der Waals surface area contributed by atoms with Gasteiger partial charge in [-0.25, -0.2) is 0 Å². The fraction of sp³-hybridized carbons (Fsp3) is 0. The van der Waals surface area contributed by atoms with Crippen molar-refractivity contribution < 1.29 is 0 Å². The van der Waals surface area contributed by atoms with E-state index in [0.29, 0.717) is 0 Å². The fourth-order valence-corrected chi connectivity index (χ4v) is 1.81. The molecule has 78 valence electrons. The van der Waals surface area contributed by atoms with Crippen LogP contribution in [0.15, 0.2) is 47.5 Å². The van der Waals surface area contributed by atoms with Crippen molar-refractivity contribution in [2.24, 2.45) is 4.99 Å². The smallest absolute Gasteiger partial charge is 0.0864 e. The molecule has 0 atom stereocenters. The van der Waals surface area contributed by atoms with Crippen molar-refractivity contribution in [1.82, 2.24) is 0 Å². The van der Waals surface area contributed by atoms with Gasteiger partial charge in [-0.05, 0) is 24.3 Å². The van der Waals surface area contributed by atoms with Gasteiger partial charge in [0.25, 0.3) is 0 Å². The van der Waals surface area contributed by atoms with Crippen LogP contribution in [0.2, 0.25) is 0 Å². The van der Waals surface area contributed by atoms with Gasteiger partial charge in [0.05, 0.1) is 11.4 Å². The average Bonchev–Trinajstić information content (AvgIpc) is 2.48. The predicted molar refractivity (Wildman–Crippen MR) is 67.8 cm³/mol. The second kappa shape index (κ2) is 3.38. The van der Waals surface area contributed by atoms with E-state index in [4.69, 9.17) is 5.73 Å². The first-order valence-corrected chi connectivity index (χ1v) is 5.13. The summed E-state index contributed by atoms with van der Waals surface area (Å²) in [5, 5.41) is 3.34. The molecule has 1 heterocycles. The predicted octanol–water partition coefficient (Wildman–Crippen LogP) is 3.08. The Morgan fingerprint density at radius 2 is 1.75 bits per heavy atom. The molecular weight excluding hydrogens is 198 g/mol. The van der Waals surface area contributed by atoms with Crippen molar-refractivity contribution in [2.75, 3.05) is 11.1 Å². The molecule has 0 aromatic heterocycles. The number of nitrogen functional groups attached to an aromatic ring is 1. The Labute approximate surface area is 93.6 Å². The lowest BCUT2D eigenvalue weighted by Gasteiger charge is -2.09. The highest BCUT2D eigenvalue weighted by molar-refractivity contribution is 5.99. The topological polar surface area (TPSA) is 50.4 Å². The fourth-order valence-electron chi connectivity index (χ4n) is 1.81. The summed E-state index contributed by atoms with van der Waals surface area (Å²) in [7, 11) is 0. The molecule has 0 bridgehead atoms. The average molecular weight is 209 g/mol. The standard InChI is InChI=1S/C13H11N3/c14-10-4-3-7-11-9(10)8-15-12-5-1-2-6-13(12)16-11/h1-8,16H,14H2. The molecule has 3 N–H and O–H groups in total. The molecule has 1 aliphatic rings. The number of para-hydroxylation sites is 2. The van der Waals surface area contributed by atoms with Gasteiger partial charge in [0.2, 0.25) is 0 Å². The van der Waals surface area contributed by atoms with Crippen LogP contribution in [0.1, 0.15) is 5.56 Å². The molecule has 0 saturated heterocycles. The van der Waals surface area contributed by atoms with Crippen LogP contribution in [0.5, 0.6) is 0 Å². The van der Waals surface area contributed by atoms with Crippen LogP contribution in [0.3, 0.4) is 0 Å². The van der Waals surface area contributed by atoms with Crippen molar-refractivity contribution in [1.29, 1.82) is 0 Å². The van der Waals surface area contributed by atoms with Gasteiger partial charge in [0, 0.05) is 23.2 Å². The summed E-state index contributed by atoms with van der Waals surface area (Å²) in [6.45, 7) is 0. The monoisotopic (exact) mass is 209 g/mol. The lowest BCUT2D eigenvalue weighted by Crippen LogP contribution is -1.97. The van der Waals surface area contributed by atoms with E-state index in [-0.39, 0.29) is 0 Å². The summed E-state index contributed by atoms with van der Waals surface area (Å²) in [6, 6.07) is 13.7. The third-order valence-corrected chi connectivity index (χ3v) is 2.65. The first-order valence-electron chi connectivity index (χ1n) is 5.13. The Kier molecular flexibility index (Phi) is 1.90. The van der Waals surface area contributed by atoms with Gasteiger partial charge in [0.1, 0.15) is 0 Å². The van der Waals surface area contributed by atoms with Gasteiger partial charge in [-0.15, -0.1) is 0 Å². The number of benzene rings is 2. The summed E-state index contributed by atoms with van der Waals surface area (Å²) in [5.41, 5.74) is 10.5. The van der Waals surface area contributed by atoms with E-state index in [0.717, 1.165) is 28.3 Å². The zero-order valence-corrected chi connectivity index (χ0v) is 8.64. The van der Waals surface area contributed by atoms with Gasteiger partial charge in [-0.2, -0.15) is 0 Å². The third-order valence-electron chi connectivity index (χ3n) is 2.65. The van der Waals surface area contributed by atoms with Crippen LogP contribution in [0.4, 0.5) is 22.7 Å². The van der Waals surface area contributed by atoms with Crippen molar-refractivity contribution in [3.63, 3.8) is 0 Å². The number of rotatable bonds is 0. The van der Waals surface area contributed by atoms with E-state index >= 15 is 0 Å². The lowest BCUT2D eigenvalue weighted by molar-refractivity contribution is 1.51. The first-order chi connectivity index (χ1) is 7.84. The zero-order valence-electron chi connectivity index (χ0n) is 8.64. The Morgan fingerprint density at radius 3 is 2.69 bits per heavy atom. The number of hydrogen-bond donors (Lipinski definition) is 2. The van der Waals surface area contributed by atoms with Crippen molar-refractivity contribution in [3.8, 4) is 0 Å². The molecule has 2 aromatic carbocycles. The van der Waals surface area contributed by atoms with E-state index in [1.165, 1.54) is 0 Å². The lowest BCUT2D eigenvalue weighted by atomic mass is 10.1. The van der Waals surface area contributed by atoms with Crippen molar-refractivity contribution >= 4 is 29.0 Å². The first kappa shape index (κ1) is 8.97. The van der Waals surface area contributed by atoms with Gasteiger partial charge < -0.3 is 11.1 Å². The number of hydrogen-bond acceptors (Lipinski definition) is 3. The third kappa shape index (κ3) is 1.34. The number of nitrogens with two attached hydrogens (primary N) is 1. The van der Waals surface area contributed by atoms with Gasteiger partial charge in [-0.3, -0.25) is 4.99 Å². The van der Waals surface area contributed by atoms with Gasteiger partial charge in [-0.1, -0.05) is 18.2 Å². The molecule has 16 heavy (non-hydrogen) atoms. The highest BCUT2D eigenvalue weighted by Crippen LogP contribution is 2.33. The van der Waals surface area contributed by atoms with E-state index < -0.39 is 0 Å². The summed E-state index contributed by atoms with van der Waals surface area (Å²) >= 11 is 0. The summed E-state index contributed by atoms with van der Waals surface area (Å²) in [5.74, 6) is 0. The minimum atomic E-state index is 0.738. The van der Waals surface area contributed by atoms with Gasteiger partial charge >= 0.3 is 0 Å². The molecule has 0 fully saturated rings. The van der Waals surface area contributed by atoms with Crippen LogP contribution >= 0.6 is 0 Å². The minimum Gasteiger partial charge on any atom is -0.398 e. The summed E-state index contributed by atoms with van der Waals surface area (Å²) < 4.78 is 0. The molecule has 3 nitrogen and oxygen atoms in total. The molecule has 0 aliphatic carbocycles. The highest BCUT2D eigenvalue weighted by Gasteiger charge is 2.10. The largest absolute Gasteiger partial charge is 0.398 e. The minimum absolute atomic E-state index is 0.738. The van der Waals surface area contributed by atoms with Crippen LogP contribution in [0, 0.1) is 0 Å². The Balaban J connectivity index is 2.21. The quantitative estimate of drug-likeness (QED) is 0.559. The van der Waals surface area contributed by atoms with E-state index in [9.17, 15) is 0 Å². The molecule has 3 rings (SSSR count). The second-order valence-electron chi connectivity index (χ2n) is 3.71. The van der Waals surface area contributed by atoms with Crippen LogP contribution in [0.25, 0.3) is 0 Å². The Morgan fingerprint density at radius 1 is 0.938 bits per heavy atom. The molecule has 0 spiro atoms. The molecular formula is C13H11N3. The maximum absolute atomic E-state index is 5.91. The number of nitrogens with zero attached hydrogens (tertiary/aromatic N) is 1. The van der Waals surface area contributed by atoms with Crippen molar-refractivity contribution in [2.45, 2.75) is 0 Å². The SMILES string of the molecule is Nc1cccc2c1C=Nc1ccccc1N2. The summed E-state index contributed by atoms with van der Waals surface area (Å²) in [4.78, 5) is 4.42. The molecule has 0 saturated carbocycles. The Hall–Kier alpha value is -2.29. The van der Waals surface area contributed by atoms with Gasteiger partial charge in [0.15, 0.2) is 0 Å². The molecule has 1 aliphatic heterocycles.